The van der Waals surface area contributed by atoms with Gasteiger partial charge in [-0.3, -0.25) is 14.7 Å². The summed E-state index contributed by atoms with van der Waals surface area (Å²) in [5, 5.41) is 14.8. The Balaban J connectivity index is 0.000000438. The highest BCUT2D eigenvalue weighted by atomic mass is 16.5. The predicted molar refractivity (Wildman–Crippen MR) is 103 cm³/mol. The standard InChI is InChI=1S/C18H21N3O2.C2H2O4/c22-18(15-23-17-4-2-1-3-5-17)21-12-10-20(11-13-21)14-16-6-8-19-9-7-16;3-1(4)2(5)6/h1-9H,10-15H2;(H,3,4)(H,5,6). The number of pyridine rings is 1. The number of carboxylic acids is 2. The summed E-state index contributed by atoms with van der Waals surface area (Å²) in [6, 6.07) is 13.5. The zero-order valence-electron chi connectivity index (χ0n) is 15.8. The van der Waals surface area contributed by atoms with Crippen LogP contribution >= 0.6 is 0 Å². The maximum absolute atomic E-state index is 12.2. The van der Waals surface area contributed by atoms with Crippen molar-refractivity contribution in [3.63, 3.8) is 0 Å². The molecule has 1 saturated heterocycles. The highest BCUT2D eigenvalue weighted by Gasteiger charge is 2.21. The summed E-state index contributed by atoms with van der Waals surface area (Å²) in [6.07, 6.45) is 3.63. The summed E-state index contributed by atoms with van der Waals surface area (Å²) in [4.78, 5) is 38.7. The Morgan fingerprint density at radius 2 is 1.48 bits per heavy atom. The number of carboxylic acid groups (broad SMARTS) is 2. The van der Waals surface area contributed by atoms with E-state index in [2.05, 4.69) is 9.88 Å². The minimum atomic E-state index is -1.82. The monoisotopic (exact) mass is 401 g/mol. The number of hydrogen-bond donors (Lipinski definition) is 2. The molecule has 0 bridgehead atoms. The van der Waals surface area contributed by atoms with Crippen molar-refractivity contribution in [3.8, 4) is 5.75 Å². The average Bonchev–Trinajstić information content (AvgIpc) is 2.74. The van der Waals surface area contributed by atoms with Gasteiger partial charge in [0.25, 0.3) is 5.91 Å². The van der Waals surface area contributed by atoms with Gasteiger partial charge in [-0.1, -0.05) is 18.2 Å². The van der Waals surface area contributed by atoms with E-state index >= 15 is 0 Å². The first-order valence-corrected chi connectivity index (χ1v) is 8.99. The fraction of sp³-hybridized carbons (Fsp3) is 0.300. The predicted octanol–water partition coefficient (Wildman–Crippen LogP) is 0.960. The first-order chi connectivity index (χ1) is 14.0. The number of piperazine rings is 1. The molecular weight excluding hydrogens is 378 g/mol. The molecule has 29 heavy (non-hydrogen) atoms. The molecule has 0 atom stereocenters. The maximum atomic E-state index is 12.2. The molecule has 2 aromatic rings. The molecule has 0 aliphatic carbocycles. The molecule has 1 aliphatic rings. The number of rotatable bonds is 5. The Morgan fingerprint density at radius 3 is 2.03 bits per heavy atom. The van der Waals surface area contributed by atoms with Crippen LogP contribution in [0, 0.1) is 0 Å². The Labute approximate surface area is 168 Å². The van der Waals surface area contributed by atoms with Crippen molar-refractivity contribution < 1.29 is 29.3 Å². The van der Waals surface area contributed by atoms with E-state index in [1.165, 1.54) is 5.56 Å². The van der Waals surface area contributed by atoms with Gasteiger partial charge in [0.15, 0.2) is 6.61 Å². The van der Waals surface area contributed by atoms with Gasteiger partial charge in [-0.05, 0) is 29.8 Å². The largest absolute Gasteiger partial charge is 0.484 e. The van der Waals surface area contributed by atoms with Crippen molar-refractivity contribution in [1.82, 2.24) is 14.8 Å². The summed E-state index contributed by atoms with van der Waals surface area (Å²) in [5.41, 5.74) is 1.26. The van der Waals surface area contributed by atoms with Crippen LogP contribution in [0.15, 0.2) is 54.9 Å². The summed E-state index contributed by atoms with van der Waals surface area (Å²) >= 11 is 0. The van der Waals surface area contributed by atoms with Crippen LogP contribution in [0.4, 0.5) is 0 Å². The van der Waals surface area contributed by atoms with Crippen molar-refractivity contribution >= 4 is 17.8 Å². The lowest BCUT2D eigenvalue weighted by Crippen LogP contribution is -2.49. The number of para-hydroxylation sites is 1. The second-order valence-corrected chi connectivity index (χ2v) is 6.22. The zero-order chi connectivity index (χ0) is 21.1. The number of ether oxygens (including phenoxy) is 1. The summed E-state index contributed by atoms with van der Waals surface area (Å²) in [7, 11) is 0. The Bertz CT molecular complexity index is 780. The normalized spacial score (nSPS) is 13.7. The molecule has 0 radical (unpaired) electrons. The Kier molecular flexibility index (Phi) is 8.58. The van der Waals surface area contributed by atoms with Crippen molar-refractivity contribution in [3.05, 3.63) is 60.4 Å². The molecule has 9 nitrogen and oxygen atoms in total. The number of carbonyl (C=O) groups is 3. The first-order valence-electron chi connectivity index (χ1n) is 8.99. The SMILES string of the molecule is O=C(COc1ccccc1)N1CCN(Cc2ccncc2)CC1.O=C(O)C(=O)O. The highest BCUT2D eigenvalue weighted by molar-refractivity contribution is 6.27. The number of nitrogens with zero attached hydrogens (tertiary/aromatic N) is 3. The minimum absolute atomic E-state index is 0.0532. The number of aromatic nitrogens is 1. The topological polar surface area (TPSA) is 120 Å². The molecule has 9 heteroatoms. The maximum Gasteiger partial charge on any atom is 0.414 e. The molecule has 2 heterocycles. The molecule has 3 rings (SSSR count). The van der Waals surface area contributed by atoms with Crippen LogP contribution in [0.3, 0.4) is 0 Å². The lowest BCUT2D eigenvalue weighted by molar-refractivity contribution is -0.159. The van der Waals surface area contributed by atoms with E-state index in [4.69, 9.17) is 24.5 Å². The quantitative estimate of drug-likeness (QED) is 0.711. The molecule has 0 saturated carbocycles. The van der Waals surface area contributed by atoms with E-state index in [0.717, 1.165) is 38.5 Å². The second kappa shape index (κ2) is 11.4. The highest BCUT2D eigenvalue weighted by Crippen LogP contribution is 2.10. The number of hydrogen-bond acceptors (Lipinski definition) is 6. The molecule has 0 unspecified atom stereocenters. The fourth-order valence-corrected chi connectivity index (χ4v) is 2.65. The molecular formula is C20H23N3O6. The number of carbonyl (C=O) groups excluding carboxylic acids is 1. The Hall–Kier alpha value is -3.46. The third kappa shape index (κ3) is 7.97. The molecule has 1 amide bonds. The van der Waals surface area contributed by atoms with E-state index in [1.807, 2.05) is 59.8 Å². The molecule has 0 spiro atoms. The third-order valence-electron chi connectivity index (χ3n) is 4.17. The molecule has 2 N–H and O–H groups in total. The van der Waals surface area contributed by atoms with Gasteiger partial charge in [0.1, 0.15) is 5.75 Å². The molecule has 1 aromatic carbocycles. The van der Waals surface area contributed by atoms with Crippen LogP contribution in [-0.4, -0.2) is 75.6 Å². The minimum Gasteiger partial charge on any atom is -0.484 e. The zero-order valence-corrected chi connectivity index (χ0v) is 15.8. The lowest BCUT2D eigenvalue weighted by atomic mass is 10.2. The van der Waals surface area contributed by atoms with Crippen molar-refractivity contribution in [1.29, 1.82) is 0 Å². The number of aliphatic carboxylic acids is 2. The van der Waals surface area contributed by atoms with Crippen LogP contribution in [0.2, 0.25) is 0 Å². The first kappa shape index (κ1) is 21.8. The summed E-state index contributed by atoms with van der Waals surface area (Å²) in [6.45, 7) is 4.29. The van der Waals surface area contributed by atoms with Crippen molar-refractivity contribution in [2.24, 2.45) is 0 Å². The van der Waals surface area contributed by atoms with Gasteiger partial charge >= 0.3 is 11.9 Å². The second-order valence-electron chi connectivity index (χ2n) is 6.22. The molecule has 154 valence electrons. The van der Waals surface area contributed by atoms with Gasteiger partial charge in [-0.25, -0.2) is 9.59 Å². The van der Waals surface area contributed by atoms with E-state index in [-0.39, 0.29) is 12.5 Å². The molecule has 1 aliphatic heterocycles. The van der Waals surface area contributed by atoms with Gasteiger partial charge in [-0.15, -0.1) is 0 Å². The van der Waals surface area contributed by atoms with Gasteiger partial charge in [-0.2, -0.15) is 0 Å². The average molecular weight is 401 g/mol. The molecule has 1 aromatic heterocycles. The molecule has 1 fully saturated rings. The van der Waals surface area contributed by atoms with Gasteiger partial charge in [0, 0.05) is 45.1 Å². The van der Waals surface area contributed by atoms with E-state index in [9.17, 15) is 4.79 Å². The number of benzene rings is 1. The fourth-order valence-electron chi connectivity index (χ4n) is 2.65. The van der Waals surface area contributed by atoms with Crippen LogP contribution < -0.4 is 4.74 Å². The van der Waals surface area contributed by atoms with E-state index < -0.39 is 11.9 Å². The Morgan fingerprint density at radius 1 is 0.897 bits per heavy atom. The van der Waals surface area contributed by atoms with Crippen LogP contribution in [0.5, 0.6) is 5.75 Å². The van der Waals surface area contributed by atoms with E-state index in [0.29, 0.717) is 0 Å². The van der Waals surface area contributed by atoms with Crippen LogP contribution in [0.1, 0.15) is 5.56 Å². The summed E-state index contributed by atoms with van der Waals surface area (Å²) in [5.74, 6) is -2.86. The van der Waals surface area contributed by atoms with Crippen LogP contribution in [-0.2, 0) is 20.9 Å². The van der Waals surface area contributed by atoms with E-state index in [1.54, 1.807) is 0 Å². The third-order valence-corrected chi connectivity index (χ3v) is 4.17. The van der Waals surface area contributed by atoms with Crippen molar-refractivity contribution in [2.75, 3.05) is 32.8 Å². The van der Waals surface area contributed by atoms with Crippen LogP contribution in [0.25, 0.3) is 0 Å². The van der Waals surface area contributed by atoms with Gasteiger partial charge < -0.3 is 19.8 Å². The summed E-state index contributed by atoms with van der Waals surface area (Å²) < 4.78 is 5.53. The van der Waals surface area contributed by atoms with Gasteiger partial charge in [0.05, 0.1) is 0 Å². The smallest absolute Gasteiger partial charge is 0.414 e. The lowest BCUT2D eigenvalue weighted by Gasteiger charge is -2.34. The van der Waals surface area contributed by atoms with Crippen molar-refractivity contribution in [2.45, 2.75) is 6.54 Å². The van der Waals surface area contributed by atoms with Gasteiger partial charge in [0.2, 0.25) is 0 Å². The number of amides is 1.